The summed E-state index contributed by atoms with van der Waals surface area (Å²) >= 11 is 0. The Kier molecular flexibility index (Phi) is 6.62. The van der Waals surface area contributed by atoms with Crippen molar-refractivity contribution in [1.82, 2.24) is 14.9 Å². The monoisotopic (exact) mass is 367 g/mol. The van der Waals surface area contributed by atoms with Gasteiger partial charge >= 0.3 is 6.18 Å². The average Bonchev–Trinajstić information content (AvgIpc) is 2.35. The Morgan fingerprint density at radius 2 is 1.68 bits per heavy atom. The normalized spacial score (nSPS) is 20.0. The number of nitrogens with one attached hydrogen (secondary N) is 2. The predicted octanol–water partition coefficient (Wildman–Crippen LogP) is -1.21. The number of rotatable bonds is 7. The van der Waals surface area contributed by atoms with Crippen molar-refractivity contribution in [3.8, 4) is 0 Å². The molecule has 1 unspecified atom stereocenters. The fourth-order valence-corrected chi connectivity index (χ4v) is 4.63. The molecule has 0 radical (unpaired) electrons. The lowest BCUT2D eigenvalue weighted by Crippen LogP contribution is -2.57. The van der Waals surface area contributed by atoms with Gasteiger partial charge in [-0.1, -0.05) is 0 Å². The summed E-state index contributed by atoms with van der Waals surface area (Å²) in [5.41, 5.74) is 0. The van der Waals surface area contributed by atoms with Gasteiger partial charge in [-0.3, -0.25) is 4.90 Å². The summed E-state index contributed by atoms with van der Waals surface area (Å²) in [6.45, 7) is 0.293. The van der Waals surface area contributed by atoms with E-state index in [4.69, 9.17) is 0 Å². The van der Waals surface area contributed by atoms with E-state index in [1.165, 1.54) is 0 Å². The standard InChI is InChI=1S/C10H20F3N3O4S2/c1-21(17,18)6-7-22(19,20)15-8-9(10(11,12)13)16-4-2-14-3-5-16/h9,14-15H,2-8H2,1H3. The first-order valence-electron chi connectivity index (χ1n) is 6.57. The minimum Gasteiger partial charge on any atom is -0.314 e. The Morgan fingerprint density at radius 3 is 2.14 bits per heavy atom. The van der Waals surface area contributed by atoms with Crippen LogP contribution in [0.25, 0.3) is 0 Å². The van der Waals surface area contributed by atoms with E-state index in [2.05, 4.69) is 5.32 Å². The molecule has 0 aromatic heterocycles. The van der Waals surface area contributed by atoms with Gasteiger partial charge in [-0.05, 0) is 0 Å². The van der Waals surface area contributed by atoms with Gasteiger partial charge in [0.15, 0.2) is 0 Å². The molecule has 1 fully saturated rings. The summed E-state index contributed by atoms with van der Waals surface area (Å²) in [6.07, 6.45) is -3.71. The maximum atomic E-state index is 13.1. The fraction of sp³-hybridized carbons (Fsp3) is 1.00. The van der Waals surface area contributed by atoms with E-state index in [1.807, 2.05) is 4.72 Å². The molecule has 22 heavy (non-hydrogen) atoms. The Bertz CT molecular complexity index is 556. The van der Waals surface area contributed by atoms with E-state index in [0.29, 0.717) is 13.1 Å². The molecule has 0 saturated carbocycles. The number of nitrogens with zero attached hydrogens (tertiary/aromatic N) is 1. The van der Waals surface area contributed by atoms with Crippen LogP contribution < -0.4 is 10.0 Å². The highest BCUT2D eigenvalue weighted by Crippen LogP contribution is 2.24. The predicted molar refractivity (Wildman–Crippen MR) is 75.8 cm³/mol. The second-order valence-corrected chi connectivity index (χ2v) is 9.33. The van der Waals surface area contributed by atoms with Crippen molar-refractivity contribution in [3.05, 3.63) is 0 Å². The molecule has 7 nitrogen and oxygen atoms in total. The lowest BCUT2D eigenvalue weighted by atomic mass is 10.2. The highest BCUT2D eigenvalue weighted by molar-refractivity contribution is 7.93. The molecule has 1 aliphatic rings. The van der Waals surface area contributed by atoms with Gasteiger partial charge in [-0.2, -0.15) is 13.2 Å². The van der Waals surface area contributed by atoms with E-state index in [0.717, 1.165) is 11.2 Å². The molecule has 12 heteroatoms. The van der Waals surface area contributed by atoms with Crippen LogP contribution in [0.5, 0.6) is 0 Å². The van der Waals surface area contributed by atoms with Crippen molar-refractivity contribution < 1.29 is 30.0 Å². The van der Waals surface area contributed by atoms with Gasteiger partial charge in [0, 0.05) is 39.0 Å². The molecule has 0 aromatic carbocycles. The zero-order chi connectivity index (χ0) is 17.0. The summed E-state index contributed by atoms with van der Waals surface area (Å²) in [6, 6.07) is -1.93. The summed E-state index contributed by atoms with van der Waals surface area (Å²) in [7, 11) is -7.59. The summed E-state index contributed by atoms with van der Waals surface area (Å²) in [4.78, 5) is 1.16. The average molecular weight is 367 g/mol. The highest BCUT2D eigenvalue weighted by Gasteiger charge is 2.44. The summed E-state index contributed by atoms with van der Waals surface area (Å²) < 4.78 is 86.2. The molecule has 1 saturated heterocycles. The lowest BCUT2D eigenvalue weighted by molar-refractivity contribution is -0.182. The van der Waals surface area contributed by atoms with E-state index in [9.17, 15) is 30.0 Å². The van der Waals surface area contributed by atoms with Gasteiger partial charge in [0.2, 0.25) is 10.0 Å². The second kappa shape index (κ2) is 7.43. The third-order valence-corrected chi connectivity index (χ3v) is 5.74. The van der Waals surface area contributed by atoms with E-state index < -0.39 is 50.1 Å². The molecular formula is C10H20F3N3O4S2. The number of piperazine rings is 1. The van der Waals surface area contributed by atoms with Crippen molar-refractivity contribution >= 4 is 19.9 Å². The van der Waals surface area contributed by atoms with Crippen LogP contribution >= 0.6 is 0 Å². The molecule has 1 heterocycles. The lowest BCUT2D eigenvalue weighted by Gasteiger charge is -2.35. The maximum Gasteiger partial charge on any atom is 0.405 e. The minimum absolute atomic E-state index is 0.162. The van der Waals surface area contributed by atoms with Crippen molar-refractivity contribution in [1.29, 1.82) is 0 Å². The van der Waals surface area contributed by atoms with E-state index in [-0.39, 0.29) is 13.1 Å². The molecule has 0 amide bonds. The van der Waals surface area contributed by atoms with Crippen LogP contribution in [-0.2, 0) is 19.9 Å². The van der Waals surface area contributed by atoms with Gasteiger partial charge in [-0.25, -0.2) is 21.6 Å². The van der Waals surface area contributed by atoms with Crippen LogP contribution in [0.2, 0.25) is 0 Å². The molecule has 0 aliphatic carbocycles. The second-order valence-electron chi connectivity index (χ2n) is 5.14. The van der Waals surface area contributed by atoms with Crippen molar-refractivity contribution in [2.75, 3.05) is 50.5 Å². The fourth-order valence-electron chi connectivity index (χ4n) is 1.98. The van der Waals surface area contributed by atoms with Gasteiger partial charge < -0.3 is 5.32 Å². The van der Waals surface area contributed by atoms with Crippen molar-refractivity contribution in [2.45, 2.75) is 12.2 Å². The molecule has 2 N–H and O–H groups in total. The number of halogens is 3. The topological polar surface area (TPSA) is 95.6 Å². The number of hydrogen-bond donors (Lipinski definition) is 2. The van der Waals surface area contributed by atoms with Crippen LogP contribution in [0.3, 0.4) is 0 Å². The number of alkyl halides is 3. The maximum absolute atomic E-state index is 13.1. The summed E-state index contributed by atoms with van der Waals surface area (Å²) in [5, 5.41) is 2.92. The Morgan fingerprint density at radius 1 is 1.14 bits per heavy atom. The molecule has 132 valence electrons. The largest absolute Gasteiger partial charge is 0.405 e. The molecule has 1 rings (SSSR count). The van der Waals surface area contributed by atoms with Gasteiger partial charge in [-0.15, -0.1) is 0 Å². The molecule has 1 atom stereocenters. The van der Waals surface area contributed by atoms with Crippen LogP contribution in [-0.4, -0.2) is 84.4 Å². The zero-order valence-corrected chi connectivity index (χ0v) is 13.7. The number of sulfonamides is 1. The number of sulfone groups is 1. The van der Waals surface area contributed by atoms with Crippen molar-refractivity contribution in [2.24, 2.45) is 0 Å². The first-order valence-corrected chi connectivity index (χ1v) is 10.3. The molecule has 0 bridgehead atoms. The third-order valence-electron chi connectivity index (χ3n) is 3.19. The molecule has 1 aliphatic heterocycles. The quantitative estimate of drug-likeness (QED) is 0.586. The third kappa shape index (κ3) is 7.22. The van der Waals surface area contributed by atoms with Crippen molar-refractivity contribution in [3.63, 3.8) is 0 Å². The van der Waals surface area contributed by atoms with Gasteiger partial charge in [0.25, 0.3) is 0 Å². The van der Waals surface area contributed by atoms with Crippen LogP contribution in [0.1, 0.15) is 0 Å². The number of hydrogen-bond acceptors (Lipinski definition) is 6. The van der Waals surface area contributed by atoms with Gasteiger partial charge in [0.1, 0.15) is 15.9 Å². The minimum atomic E-state index is -4.57. The Hall–Kier alpha value is -0.430. The van der Waals surface area contributed by atoms with Crippen LogP contribution in [0.15, 0.2) is 0 Å². The Balaban J connectivity index is 2.66. The van der Waals surface area contributed by atoms with E-state index >= 15 is 0 Å². The first-order chi connectivity index (χ1) is 9.91. The first kappa shape index (κ1) is 19.6. The molecular weight excluding hydrogens is 347 g/mol. The SMILES string of the molecule is CS(=O)(=O)CCS(=O)(=O)NCC(N1CCNCC1)C(F)(F)F. The van der Waals surface area contributed by atoms with Crippen LogP contribution in [0.4, 0.5) is 13.2 Å². The smallest absolute Gasteiger partial charge is 0.314 e. The molecule has 0 aromatic rings. The molecule has 0 spiro atoms. The van der Waals surface area contributed by atoms with E-state index in [1.54, 1.807) is 0 Å². The Labute approximate surface area is 128 Å². The van der Waals surface area contributed by atoms with Gasteiger partial charge in [0.05, 0.1) is 11.5 Å². The van der Waals surface area contributed by atoms with Crippen LogP contribution in [0, 0.1) is 0 Å². The summed E-state index contributed by atoms with van der Waals surface area (Å²) in [5.74, 6) is -1.38. The highest BCUT2D eigenvalue weighted by atomic mass is 32.2. The zero-order valence-electron chi connectivity index (χ0n) is 12.1.